The summed E-state index contributed by atoms with van der Waals surface area (Å²) in [5.41, 5.74) is 18.9. The number of furan rings is 1. The zero-order chi connectivity index (χ0) is 41.7. The van der Waals surface area contributed by atoms with Gasteiger partial charge in [0.1, 0.15) is 11.2 Å². The van der Waals surface area contributed by atoms with Gasteiger partial charge in [-0.15, -0.1) is 0 Å². The Bertz CT molecular complexity index is 3400. The number of hydrogen-bond acceptors (Lipinski definition) is 2. The molecule has 0 aliphatic heterocycles. The summed E-state index contributed by atoms with van der Waals surface area (Å²) in [6.45, 7) is 0. The molecular formula is C61H41NO. The standard InChI is InChI=1S/C61H41NO/c1-4-18-42(19-5-1)43-34-36-44(37-35-43)50-26-11-14-31-56(50)62(49-25-16-20-45(40-49)46-38-39-52-51-27-12-15-33-58(51)63-59(52)41-46)57-32-17-30-55-60(57)53-28-10-13-29-54(53)61(55,47-21-6-2-7-22-47)48-23-8-3-9-24-48/h1-41H. The first-order valence-electron chi connectivity index (χ1n) is 21.7. The summed E-state index contributed by atoms with van der Waals surface area (Å²) in [5, 5.41) is 2.26. The number of nitrogens with zero attached hydrogens (tertiary/aromatic N) is 1. The van der Waals surface area contributed by atoms with Crippen LogP contribution in [0.15, 0.2) is 253 Å². The predicted octanol–water partition coefficient (Wildman–Crippen LogP) is 16.4. The summed E-state index contributed by atoms with van der Waals surface area (Å²) in [5.74, 6) is 0. The molecule has 2 nitrogen and oxygen atoms in total. The Morgan fingerprint density at radius 1 is 0.317 bits per heavy atom. The summed E-state index contributed by atoms with van der Waals surface area (Å²) < 4.78 is 6.40. The molecular weight excluding hydrogens is 763 g/mol. The van der Waals surface area contributed by atoms with Crippen LogP contribution in [0.2, 0.25) is 0 Å². The zero-order valence-corrected chi connectivity index (χ0v) is 34.5. The average Bonchev–Trinajstić information content (AvgIpc) is 3.89. The predicted molar refractivity (Wildman–Crippen MR) is 262 cm³/mol. The van der Waals surface area contributed by atoms with Gasteiger partial charge in [0.05, 0.1) is 16.8 Å². The molecule has 296 valence electrons. The third-order valence-electron chi connectivity index (χ3n) is 13.0. The lowest BCUT2D eigenvalue weighted by Crippen LogP contribution is -2.28. The minimum atomic E-state index is -0.535. The topological polar surface area (TPSA) is 16.4 Å². The molecule has 0 spiro atoms. The normalized spacial score (nSPS) is 12.6. The zero-order valence-electron chi connectivity index (χ0n) is 34.5. The minimum absolute atomic E-state index is 0.535. The monoisotopic (exact) mass is 803 g/mol. The Morgan fingerprint density at radius 2 is 0.841 bits per heavy atom. The highest BCUT2D eigenvalue weighted by molar-refractivity contribution is 6.06. The van der Waals surface area contributed by atoms with Gasteiger partial charge in [0.2, 0.25) is 0 Å². The molecule has 1 aromatic heterocycles. The van der Waals surface area contributed by atoms with Gasteiger partial charge in [-0.05, 0) is 98.1 Å². The third kappa shape index (κ3) is 5.95. The first-order valence-corrected chi connectivity index (χ1v) is 21.7. The fourth-order valence-corrected chi connectivity index (χ4v) is 10.2. The second-order valence-corrected chi connectivity index (χ2v) is 16.4. The first kappa shape index (κ1) is 36.6. The van der Waals surface area contributed by atoms with Crippen LogP contribution in [0.3, 0.4) is 0 Å². The van der Waals surface area contributed by atoms with Crippen LogP contribution in [-0.4, -0.2) is 0 Å². The lowest BCUT2D eigenvalue weighted by atomic mass is 9.68. The highest BCUT2D eigenvalue weighted by Gasteiger charge is 2.47. The maximum atomic E-state index is 6.40. The van der Waals surface area contributed by atoms with Crippen LogP contribution in [0.1, 0.15) is 22.3 Å². The van der Waals surface area contributed by atoms with Crippen molar-refractivity contribution in [2.75, 3.05) is 4.90 Å². The lowest BCUT2D eigenvalue weighted by molar-refractivity contribution is 0.669. The van der Waals surface area contributed by atoms with Crippen LogP contribution in [0.5, 0.6) is 0 Å². The van der Waals surface area contributed by atoms with E-state index in [9.17, 15) is 0 Å². The van der Waals surface area contributed by atoms with E-state index in [2.05, 4.69) is 241 Å². The minimum Gasteiger partial charge on any atom is -0.456 e. The molecule has 0 saturated carbocycles. The van der Waals surface area contributed by atoms with Crippen molar-refractivity contribution < 1.29 is 4.42 Å². The van der Waals surface area contributed by atoms with E-state index in [-0.39, 0.29) is 0 Å². The molecule has 1 aliphatic carbocycles. The van der Waals surface area contributed by atoms with Crippen molar-refractivity contribution in [3.8, 4) is 44.5 Å². The van der Waals surface area contributed by atoms with Crippen LogP contribution >= 0.6 is 0 Å². The van der Waals surface area contributed by atoms with Gasteiger partial charge in [0.15, 0.2) is 0 Å². The Hall–Kier alpha value is -8.20. The van der Waals surface area contributed by atoms with Gasteiger partial charge >= 0.3 is 0 Å². The van der Waals surface area contributed by atoms with Crippen LogP contribution in [0.4, 0.5) is 17.1 Å². The smallest absolute Gasteiger partial charge is 0.136 e. The highest BCUT2D eigenvalue weighted by atomic mass is 16.3. The molecule has 0 radical (unpaired) electrons. The molecule has 0 N–H and O–H groups in total. The van der Waals surface area contributed by atoms with Gasteiger partial charge in [-0.1, -0.05) is 206 Å². The Labute approximate surface area is 367 Å². The quantitative estimate of drug-likeness (QED) is 0.152. The molecule has 11 aromatic rings. The van der Waals surface area contributed by atoms with Crippen LogP contribution in [0, 0.1) is 0 Å². The maximum Gasteiger partial charge on any atom is 0.136 e. The van der Waals surface area contributed by atoms with E-state index in [1.54, 1.807) is 0 Å². The van der Waals surface area contributed by atoms with E-state index < -0.39 is 5.41 Å². The van der Waals surface area contributed by atoms with E-state index in [4.69, 9.17) is 4.42 Å². The highest BCUT2D eigenvalue weighted by Crippen LogP contribution is 2.60. The number of rotatable bonds is 8. The Kier molecular flexibility index (Phi) is 8.76. The molecule has 0 amide bonds. The van der Waals surface area contributed by atoms with Crippen molar-refractivity contribution in [2.45, 2.75) is 5.41 Å². The fraction of sp³-hybridized carbons (Fsp3) is 0.0164. The number of para-hydroxylation sites is 2. The molecule has 1 aliphatic rings. The van der Waals surface area contributed by atoms with Gasteiger partial charge in [-0.2, -0.15) is 0 Å². The SMILES string of the molecule is c1ccc(-c2ccc(-c3ccccc3N(c3cccc(-c4ccc5c(c4)oc4ccccc45)c3)c3cccc4c3-c3ccccc3C4(c3ccccc3)c3ccccc3)cc2)cc1. The van der Waals surface area contributed by atoms with Crippen molar-refractivity contribution >= 4 is 39.0 Å². The van der Waals surface area contributed by atoms with Crippen molar-refractivity contribution in [2.24, 2.45) is 0 Å². The van der Waals surface area contributed by atoms with Gasteiger partial charge in [-0.25, -0.2) is 0 Å². The number of fused-ring (bicyclic) bond motifs is 6. The second kappa shape index (κ2) is 15.1. The summed E-state index contributed by atoms with van der Waals surface area (Å²) in [7, 11) is 0. The van der Waals surface area contributed by atoms with E-state index >= 15 is 0 Å². The van der Waals surface area contributed by atoms with Crippen LogP contribution in [-0.2, 0) is 5.41 Å². The van der Waals surface area contributed by atoms with Crippen molar-refractivity contribution in [3.05, 3.63) is 271 Å². The van der Waals surface area contributed by atoms with E-state index in [0.29, 0.717) is 0 Å². The molecule has 0 unspecified atom stereocenters. The average molecular weight is 804 g/mol. The second-order valence-electron chi connectivity index (χ2n) is 16.4. The molecule has 0 bridgehead atoms. The van der Waals surface area contributed by atoms with Gasteiger partial charge < -0.3 is 9.32 Å². The van der Waals surface area contributed by atoms with E-state index in [1.807, 2.05) is 12.1 Å². The van der Waals surface area contributed by atoms with Crippen LogP contribution < -0.4 is 4.90 Å². The maximum absolute atomic E-state index is 6.40. The van der Waals surface area contributed by atoms with E-state index in [0.717, 1.165) is 61.3 Å². The van der Waals surface area contributed by atoms with Crippen molar-refractivity contribution in [3.63, 3.8) is 0 Å². The van der Waals surface area contributed by atoms with Gasteiger partial charge in [0.25, 0.3) is 0 Å². The van der Waals surface area contributed by atoms with Gasteiger partial charge in [-0.3, -0.25) is 0 Å². The summed E-state index contributed by atoms with van der Waals surface area (Å²) >= 11 is 0. The molecule has 1 heterocycles. The number of anilines is 3. The van der Waals surface area contributed by atoms with E-state index in [1.165, 1.54) is 44.5 Å². The Morgan fingerprint density at radius 3 is 1.62 bits per heavy atom. The molecule has 0 saturated heterocycles. The number of benzene rings is 10. The summed E-state index contributed by atoms with van der Waals surface area (Å²) in [4.78, 5) is 2.49. The fourth-order valence-electron chi connectivity index (χ4n) is 10.2. The third-order valence-corrected chi connectivity index (χ3v) is 13.0. The first-order chi connectivity index (χ1) is 31.3. The summed E-state index contributed by atoms with van der Waals surface area (Å²) in [6.07, 6.45) is 0. The van der Waals surface area contributed by atoms with Crippen LogP contribution in [0.25, 0.3) is 66.4 Å². The number of hydrogen-bond donors (Lipinski definition) is 0. The summed E-state index contributed by atoms with van der Waals surface area (Å²) in [6, 6.07) is 90.3. The van der Waals surface area contributed by atoms with Crippen molar-refractivity contribution in [1.29, 1.82) is 0 Å². The molecule has 12 rings (SSSR count). The Balaban J connectivity index is 1.10. The molecule has 0 fully saturated rings. The molecule has 63 heavy (non-hydrogen) atoms. The van der Waals surface area contributed by atoms with Crippen molar-refractivity contribution in [1.82, 2.24) is 0 Å². The largest absolute Gasteiger partial charge is 0.456 e. The molecule has 10 aromatic carbocycles. The molecule has 0 atom stereocenters. The molecule has 2 heteroatoms. The van der Waals surface area contributed by atoms with Gasteiger partial charge in [0, 0.05) is 27.6 Å². The lowest BCUT2D eigenvalue weighted by Gasteiger charge is -2.34.